The van der Waals surface area contributed by atoms with Gasteiger partial charge in [-0.1, -0.05) is 20.8 Å². The minimum Gasteiger partial charge on any atom is -0.195 e. The third-order valence-corrected chi connectivity index (χ3v) is 2.61. The molecule has 1 aromatic heterocycles. The second-order valence-corrected chi connectivity index (χ2v) is 4.39. The van der Waals surface area contributed by atoms with Gasteiger partial charge in [0.25, 0.3) is 0 Å². The molecule has 0 aliphatic carbocycles. The van der Waals surface area contributed by atoms with Crippen molar-refractivity contribution in [2.75, 3.05) is 0 Å². The number of halogens is 1. The van der Waals surface area contributed by atoms with Crippen molar-refractivity contribution < 1.29 is 4.39 Å². The molecular formula is C8H11FS. The lowest BCUT2D eigenvalue weighted by Gasteiger charge is -2.14. The Morgan fingerprint density at radius 2 is 1.90 bits per heavy atom. The average Bonchev–Trinajstić information content (AvgIpc) is 2.11. The van der Waals surface area contributed by atoms with Crippen LogP contribution in [0.1, 0.15) is 25.6 Å². The van der Waals surface area contributed by atoms with Crippen LogP contribution in [0.3, 0.4) is 0 Å². The number of hydrogen-bond acceptors (Lipinski definition) is 1. The van der Waals surface area contributed by atoms with Gasteiger partial charge in [0.15, 0.2) is 5.13 Å². The second-order valence-electron chi connectivity index (χ2n) is 3.35. The summed E-state index contributed by atoms with van der Waals surface area (Å²) in [4.78, 5) is 1.10. The maximum Gasteiger partial charge on any atom is 0.176 e. The first kappa shape index (κ1) is 7.73. The van der Waals surface area contributed by atoms with E-state index in [9.17, 15) is 4.39 Å². The summed E-state index contributed by atoms with van der Waals surface area (Å²) in [5.74, 6) is 0. The van der Waals surface area contributed by atoms with Gasteiger partial charge in [0.05, 0.1) is 0 Å². The Balaban J connectivity index is 2.96. The van der Waals surface area contributed by atoms with Gasteiger partial charge in [0, 0.05) is 4.88 Å². The first-order valence-corrected chi connectivity index (χ1v) is 4.07. The molecule has 0 unspecified atom stereocenters. The maximum atomic E-state index is 12.5. The SMILES string of the molecule is CC(C)(C)c1ccc([19F])s1. The van der Waals surface area contributed by atoms with Crippen molar-refractivity contribution >= 4 is 11.3 Å². The molecule has 0 nitrogen and oxygen atoms in total. The average molecular weight is 158 g/mol. The van der Waals surface area contributed by atoms with Gasteiger partial charge in [-0.3, -0.25) is 0 Å². The van der Waals surface area contributed by atoms with Gasteiger partial charge in [0.1, 0.15) is 0 Å². The van der Waals surface area contributed by atoms with E-state index in [0.29, 0.717) is 0 Å². The Labute approximate surface area is 64.7 Å². The highest BCUT2D eigenvalue weighted by Crippen LogP contribution is 2.28. The molecule has 1 aromatic rings. The van der Waals surface area contributed by atoms with Crippen LogP contribution in [0.4, 0.5) is 4.39 Å². The molecule has 0 aliphatic heterocycles. The number of hydrogen-bond donors (Lipinski definition) is 0. The first-order valence-electron chi connectivity index (χ1n) is 3.26. The van der Waals surface area contributed by atoms with Crippen molar-refractivity contribution in [2.45, 2.75) is 26.2 Å². The maximum absolute atomic E-state index is 12.5. The fraction of sp³-hybridized carbons (Fsp3) is 0.500. The van der Waals surface area contributed by atoms with Crippen LogP contribution in [-0.2, 0) is 5.41 Å². The quantitative estimate of drug-likeness (QED) is 0.544. The van der Waals surface area contributed by atoms with Crippen molar-refractivity contribution in [3.05, 3.63) is 22.1 Å². The topological polar surface area (TPSA) is 0 Å². The second kappa shape index (κ2) is 2.35. The molecule has 0 bridgehead atoms. The molecule has 0 radical (unpaired) electrons. The van der Waals surface area contributed by atoms with E-state index in [1.54, 1.807) is 0 Å². The summed E-state index contributed by atoms with van der Waals surface area (Å²) < 4.78 is 12.5. The van der Waals surface area contributed by atoms with Crippen molar-refractivity contribution in [1.29, 1.82) is 0 Å². The summed E-state index contributed by atoms with van der Waals surface area (Å²) >= 11 is 1.23. The van der Waals surface area contributed by atoms with Crippen molar-refractivity contribution in [3.63, 3.8) is 0 Å². The van der Waals surface area contributed by atoms with Crippen LogP contribution < -0.4 is 0 Å². The standard InChI is InChI=1S/C8H11FS/c1-8(2,3)6-4-5-7(9)10-6/h4-5H,1-3H3/i9+0. The van der Waals surface area contributed by atoms with Gasteiger partial charge in [-0.05, 0) is 17.5 Å². The summed E-state index contributed by atoms with van der Waals surface area (Å²) in [6, 6.07) is 3.37. The van der Waals surface area contributed by atoms with E-state index in [1.165, 1.54) is 17.4 Å². The summed E-state index contributed by atoms with van der Waals surface area (Å²) in [5, 5.41) is -0.0927. The van der Waals surface area contributed by atoms with E-state index >= 15 is 0 Å². The predicted molar refractivity (Wildman–Crippen MR) is 43.0 cm³/mol. The van der Waals surface area contributed by atoms with E-state index in [4.69, 9.17) is 0 Å². The molecule has 0 atom stereocenters. The van der Waals surface area contributed by atoms with Crippen LogP contribution in [0, 0.1) is 5.13 Å². The molecule has 56 valence electrons. The zero-order chi connectivity index (χ0) is 7.78. The van der Waals surface area contributed by atoms with Gasteiger partial charge < -0.3 is 0 Å². The lowest BCUT2D eigenvalue weighted by Crippen LogP contribution is -2.07. The van der Waals surface area contributed by atoms with E-state index in [-0.39, 0.29) is 10.5 Å². The summed E-state index contributed by atoms with van der Waals surface area (Å²) in [6.07, 6.45) is 0. The lowest BCUT2D eigenvalue weighted by atomic mass is 9.95. The molecule has 0 saturated heterocycles. The van der Waals surface area contributed by atoms with Gasteiger partial charge in [-0.25, -0.2) is 0 Å². The van der Waals surface area contributed by atoms with Crippen molar-refractivity contribution in [3.8, 4) is 0 Å². The highest BCUT2D eigenvalue weighted by atomic mass is 32.1. The largest absolute Gasteiger partial charge is 0.195 e. The Bertz CT molecular complexity index is 219. The fourth-order valence-electron chi connectivity index (χ4n) is 0.717. The number of rotatable bonds is 0. The summed E-state index contributed by atoms with van der Waals surface area (Å²) in [6.45, 7) is 6.24. The van der Waals surface area contributed by atoms with Crippen LogP contribution in [-0.4, -0.2) is 0 Å². The smallest absolute Gasteiger partial charge is 0.176 e. The zero-order valence-corrected chi connectivity index (χ0v) is 7.26. The Kier molecular flexibility index (Phi) is 1.82. The fourth-order valence-corrected chi connectivity index (χ4v) is 1.51. The molecule has 1 heterocycles. The first-order chi connectivity index (χ1) is 4.50. The third kappa shape index (κ3) is 1.57. The molecule has 0 N–H and O–H groups in total. The Morgan fingerprint density at radius 3 is 2.10 bits per heavy atom. The highest BCUT2D eigenvalue weighted by molar-refractivity contribution is 7.10. The van der Waals surface area contributed by atoms with Crippen LogP contribution in [0.25, 0.3) is 0 Å². The molecule has 1 rings (SSSR count). The van der Waals surface area contributed by atoms with Gasteiger partial charge in [-0.2, -0.15) is 4.39 Å². The molecule has 10 heavy (non-hydrogen) atoms. The molecule has 0 saturated carbocycles. The minimum absolute atomic E-state index is 0.0923. The normalized spacial score (nSPS) is 12.0. The van der Waals surface area contributed by atoms with E-state index in [1.807, 2.05) is 6.07 Å². The number of thiophene rings is 1. The molecule has 0 aromatic carbocycles. The van der Waals surface area contributed by atoms with Crippen LogP contribution in [0.5, 0.6) is 0 Å². The van der Waals surface area contributed by atoms with E-state index in [2.05, 4.69) is 20.8 Å². The molecule has 2 heteroatoms. The highest BCUT2D eigenvalue weighted by Gasteiger charge is 2.15. The predicted octanol–water partition coefficient (Wildman–Crippen LogP) is 3.18. The Morgan fingerprint density at radius 1 is 1.30 bits per heavy atom. The van der Waals surface area contributed by atoms with Crippen molar-refractivity contribution in [2.24, 2.45) is 0 Å². The summed E-state index contributed by atoms with van der Waals surface area (Å²) in [5.41, 5.74) is 0.0923. The van der Waals surface area contributed by atoms with Gasteiger partial charge in [-0.15, -0.1) is 11.3 Å². The minimum atomic E-state index is -0.0927. The van der Waals surface area contributed by atoms with E-state index < -0.39 is 0 Å². The molecule has 0 spiro atoms. The van der Waals surface area contributed by atoms with Gasteiger partial charge in [0.2, 0.25) is 0 Å². The zero-order valence-electron chi connectivity index (χ0n) is 6.44. The Hall–Kier alpha value is -0.370. The molecule has 0 fully saturated rings. The molecule has 0 amide bonds. The van der Waals surface area contributed by atoms with Crippen LogP contribution in [0.15, 0.2) is 12.1 Å². The van der Waals surface area contributed by atoms with Crippen LogP contribution in [0.2, 0.25) is 0 Å². The van der Waals surface area contributed by atoms with Crippen molar-refractivity contribution in [1.82, 2.24) is 0 Å². The van der Waals surface area contributed by atoms with Gasteiger partial charge >= 0.3 is 0 Å². The lowest BCUT2D eigenvalue weighted by molar-refractivity contribution is 0.604. The molecular weight excluding hydrogens is 147 g/mol. The summed E-state index contributed by atoms with van der Waals surface area (Å²) in [7, 11) is 0. The third-order valence-electron chi connectivity index (χ3n) is 1.31. The van der Waals surface area contributed by atoms with Crippen LogP contribution >= 0.6 is 11.3 Å². The molecule has 0 aliphatic rings. The van der Waals surface area contributed by atoms with E-state index in [0.717, 1.165) is 4.88 Å². The monoisotopic (exact) mass is 158 g/mol.